The molecule has 0 radical (unpaired) electrons. The van der Waals surface area contributed by atoms with Crippen LogP contribution in [0.2, 0.25) is 0 Å². The van der Waals surface area contributed by atoms with Crippen LogP contribution in [0.25, 0.3) is 0 Å². The summed E-state index contributed by atoms with van der Waals surface area (Å²) in [5.74, 6) is 0.0162. The molecule has 0 aliphatic carbocycles. The SMILES string of the molecule is O=C(CC1COC1)Nc1ccc(C(F)(F)F)cc1. The highest BCUT2D eigenvalue weighted by Gasteiger charge is 2.30. The molecule has 1 aromatic carbocycles. The summed E-state index contributed by atoms with van der Waals surface area (Å²) in [6, 6.07) is 4.39. The third kappa shape index (κ3) is 3.22. The van der Waals surface area contributed by atoms with Crippen molar-refractivity contribution in [3.8, 4) is 0 Å². The first kappa shape index (κ1) is 12.9. The number of halogens is 3. The molecule has 6 heteroatoms. The van der Waals surface area contributed by atoms with E-state index in [1.165, 1.54) is 12.1 Å². The van der Waals surface area contributed by atoms with Crippen molar-refractivity contribution in [3.63, 3.8) is 0 Å². The van der Waals surface area contributed by atoms with E-state index in [4.69, 9.17) is 4.74 Å². The number of hydrogen-bond donors (Lipinski definition) is 1. The van der Waals surface area contributed by atoms with E-state index in [1.807, 2.05) is 0 Å². The van der Waals surface area contributed by atoms with E-state index in [1.54, 1.807) is 0 Å². The number of ether oxygens (including phenoxy) is 1. The minimum Gasteiger partial charge on any atom is -0.381 e. The Balaban J connectivity index is 1.91. The normalized spacial score (nSPS) is 16.2. The molecule has 0 atom stereocenters. The van der Waals surface area contributed by atoms with Gasteiger partial charge in [0.2, 0.25) is 5.91 Å². The Morgan fingerprint density at radius 2 is 1.89 bits per heavy atom. The molecule has 1 aliphatic heterocycles. The minimum absolute atomic E-state index is 0.206. The molecule has 0 bridgehead atoms. The fraction of sp³-hybridized carbons (Fsp3) is 0.417. The quantitative estimate of drug-likeness (QED) is 0.906. The average molecular weight is 259 g/mol. The summed E-state index contributed by atoms with van der Waals surface area (Å²) in [4.78, 5) is 11.5. The van der Waals surface area contributed by atoms with Gasteiger partial charge in [-0.25, -0.2) is 0 Å². The number of hydrogen-bond acceptors (Lipinski definition) is 2. The van der Waals surface area contributed by atoms with E-state index >= 15 is 0 Å². The maximum absolute atomic E-state index is 12.3. The monoisotopic (exact) mass is 259 g/mol. The highest BCUT2D eigenvalue weighted by Crippen LogP contribution is 2.29. The summed E-state index contributed by atoms with van der Waals surface area (Å²) in [6.45, 7) is 1.14. The van der Waals surface area contributed by atoms with Crippen LogP contribution in [0.3, 0.4) is 0 Å². The molecule has 98 valence electrons. The molecule has 1 saturated heterocycles. The fourth-order valence-electron chi connectivity index (χ4n) is 1.62. The Morgan fingerprint density at radius 1 is 1.28 bits per heavy atom. The van der Waals surface area contributed by atoms with E-state index < -0.39 is 11.7 Å². The predicted molar refractivity (Wildman–Crippen MR) is 59.0 cm³/mol. The summed E-state index contributed by atoms with van der Waals surface area (Å²) >= 11 is 0. The van der Waals surface area contributed by atoms with Crippen LogP contribution in [-0.4, -0.2) is 19.1 Å². The molecule has 0 spiro atoms. The van der Waals surface area contributed by atoms with Crippen molar-refractivity contribution in [3.05, 3.63) is 29.8 Å². The van der Waals surface area contributed by atoms with Gasteiger partial charge in [-0.2, -0.15) is 13.2 Å². The van der Waals surface area contributed by atoms with Crippen molar-refractivity contribution < 1.29 is 22.7 Å². The molecule has 1 amide bonds. The molecule has 18 heavy (non-hydrogen) atoms. The second kappa shape index (κ2) is 4.97. The van der Waals surface area contributed by atoms with Crippen molar-refractivity contribution >= 4 is 11.6 Å². The predicted octanol–water partition coefficient (Wildman–Crippen LogP) is 2.68. The third-order valence-corrected chi connectivity index (χ3v) is 2.68. The summed E-state index contributed by atoms with van der Waals surface area (Å²) in [7, 11) is 0. The number of nitrogens with one attached hydrogen (secondary N) is 1. The topological polar surface area (TPSA) is 38.3 Å². The minimum atomic E-state index is -4.36. The van der Waals surface area contributed by atoms with Crippen LogP contribution in [0.15, 0.2) is 24.3 Å². The van der Waals surface area contributed by atoms with Gasteiger partial charge in [0.05, 0.1) is 18.8 Å². The zero-order valence-electron chi connectivity index (χ0n) is 9.46. The summed E-state index contributed by atoms with van der Waals surface area (Å²) in [5, 5.41) is 2.56. The van der Waals surface area contributed by atoms with Crippen LogP contribution >= 0.6 is 0 Å². The van der Waals surface area contributed by atoms with Crippen LogP contribution in [0.1, 0.15) is 12.0 Å². The Morgan fingerprint density at radius 3 is 2.33 bits per heavy atom. The van der Waals surface area contributed by atoms with E-state index in [2.05, 4.69) is 5.32 Å². The van der Waals surface area contributed by atoms with Gasteiger partial charge in [0, 0.05) is 18.0 Å². The van der Waals surface area contributed by atoms with E-state index in [9.17, 15) is 18.0 Å². The first-order valence-corrected chi connectivity index (χ1v) is 5.50. The number of amides is 1. The van der Waals surface area contributed by atoms with Crippen molar-refractivity contribution in [2.24, 2.45) is 5.92 Å². The van der Waals surface area contributed by atoms with E-state index in [0.29, 0.717) is 25.3 Å². The molecule has 1 aromatic rings. The maximum atomic E-state index is 12.3. The Hall–Kier alpha value is -1.56. The van der Waals surface area contributed by atoms with Gasteiger partial charge >= 0.3 is 6.18 Å². The van der Waals surface area contributed by atoms with Gasteiger partial charge in [0.15, 0.2) is 0 Å². The lowest BCUT2D eigenvalue weighted by atomic mass is 10.0. The summed E-state index contributed by atoms with van der Waals surface area (Å²) < 4.78 is 41.9. The smallest absolute Gasteiger partial charge is 0.381 e. The Bertz CT molecular complexity index is 424. The highest BCUT2D eigenvalue weighted by atomic mass is 19.4. The number of carbonyl (C=O) groups is 1. The summed E-state index contributed by atoms with van der Waals surface area (Å²) in [5.41, 5.74) is -0.360. The Kier molecular flexibility index (Phi) is 3.56. The molecule has 1 fully saturated rings. The fourth-order valence-corrected chi connectivity index (χ4v) is 1.62. The van der Waals surface area contributed by atoms with Gasteiger partial charge in [0.25, 0.3) is 0 Å². The molecule has 2 rings (SSSR count). The van der Waals surface area contributed by atoms with Crippen LogP contribution in [0, 0.1) is 5.92 Å². The van der Waals surface area contributed by atoms with Gasteiger partial charge in [-0.3, -0.25) is 4.79 Å². The molecule has 0 aromatic heterocycles. The van der Waals surface area contributed by atoms with Crippen molar-refractivity contribution in [1.29, 1.82) is 0 Å². The molecule has 1 heterocycles. The number of anilines is 1. The van der Waals surface area contributed by atoms with E-state index in [-0.39, 0.29) is 11.8 Å². The first-order chi connectivity index (χ1) is 8.45. The van der Waals surface area contributed by atoms with Crippen LogP contribution in [0.4, 0.5) is 18.9 Å². The maximum Gasteiger partial charge on any atom is 0.416 e. The lowest BCUT2D eigenvalue weighted by Crippen LogP contribution is -2.31. The summed E-state index contributed by atoms with van der Waals surface area (Å²) in [6.07, 6.45) is -4.02. The number of alkyl halides is 3. The average Bonchev–Trinajstić information content (AvgIpc) is 2.23. The first-order valence-electron chi connectivity index (χ1n) is 5.50. The van der Waals surface area contributed by atoms with E-state index in [0.717, 1.165) is 12.1 Å². The van der Waals surface area contributed by atoms with Gasteiger partial charge in [-0.15, -0.1) is 0 Å². The number of benzene rings is 1. The second-order valence-electron chi connectivity index (χ2n) is 4.23. The van der Waals surface area contributed by atoms with Crippen molar-refractivity contribution in [1.82, 2.24) is 0 Å². The highest BCUT2D eigenvalue weighted by molar-refractivity contribution is 5.90. The molecular weight excluding hydrogens is 247 g/mol. The largest absolute Gasteiger partial charge is 0.416 e. The van der Waals surface area contributed by atoms with Gasteiger partial charge in [0.1, 0.15) is 0 Å². The zero-order chi connectivity index (χ0) is 13.2. The van der Waals surface area contributed by atoms with Gasteiger partial charge in [-0.05, 0) is 24.3 Å². The number of carbonyl (C=O) groups excluding carboxylic acids is 1. The van der Waals surface area contributed by atoms with Crippen LogP contribution < -0.4 is 5.32 Å². The molecular formula is C12H12F3NO2. The molecule has 0 unspecified atom stereocenters. The van der Waals surface area contributed by atoms with Crippen LogP contribution in [0.5, 0.6) is 0 Å². The lowest BCUT2D eigenvalue weighted by Gasteiger charge is -2.25. The molecule has 1 N–H and O–H groups in total. The molecule has 3 nitrogen and oxygen atoms in total. The molecule has 1 aliphatic rings. The Labute approximate surface area is 102 Å². The zero-order valence-corrected chi connectivity index (χ0v) is 9.46. The van der Waals surface area contributed by atoms with Crippen molar-refractivity contribution in [2.45, 2.75) is 12.6 Å². The number of rotatable bonds is 3. The van der Waals surface area contributed by atoms with Gasteiger partial charge < -0.3 is 10.1 Å². The lowest BCUT2D eigenvalue weighted by molar-refractivity contribution is -0.137. The standard InChI is InChI=1S/C12H12F3NO2/c13-12(14,15)9-1-3-10(4-2-9)16-11(17)5-8-6-18-7-8/h1-4,8H,5-7H2,(H,16,17). The van der Waals surface area contributed by atoms with Crippen LogP contribution in [-0.2, 0) is 15.7 Å². The van der Waals surface area contributed by atoms with Gasteiger partial charge in [-0.1, -0.05) is 0 Å². The molecule has 0 saturated carbocycles. The van der Waals surface area contributed by atoms with Crippen molar-refractivity contribution in [2.75, 3.05) is 18.5 Å². The third-order valence-electron chi connectivity index (χ3n) is 2.68. The second-order valence-corrected chi connectivity index (χ2v) is 4.23.